The molecule has 2 atom stereocenters. The van der Waals surface area contributed by atoms with Crippen molar-refractivity contribution in [2.24, 2.45) is 5.92 Å². The van der Waals surface area contributed by atoms with Gasteiger partial charge in [0.2, 0.25) is 0 Å². The number of piperidine rings is 1. The van der Waals surface area contributed by atoms with Gasteiger partial charge in [0.1, 0.15) is 0 Å². The van der Waals surface area contributed by atoms with Crippen LogP contribution in [0.2, 0.25) is 0 Å². The van der Waals surface area contributed by atoms with E-state index in [0.29, 0.717) is 11.6 Å². The molecular weight excluding hydrogens is 268 g/mol. The van der Waals surface area contributed by atoms with Gasteiger partial charge < -0.3 is 10.0 Å². The number of rotatable bonds is 3. The van der Waals surface area contributed by atoms with Gasteiger partial charge in [-0.2, -0.15) is 0 Å². The quantitative estimate of drug-likeness (QED) is 0.685. The van der Waals surface area contributed by atoms with Crippen molar-refractivity contribution in [1.82, 2.24) is 0 Å². The number of aliphatic hydroxyl groups excluding tert-OH is 1. The average Bonchev–Trinajstić information content (AvgIpc) is 2.53. The van der Waals surface area contributed by atoms with Gasteiger partial charge in [-0.1, -0.05) is 12.8 Å². The Balaban J connectivity index is 1.92. The summed E-state index contributed by atoms with van der Waals surface area (Å²) in [5, 5.41) is 20.5. The Morgan fingerprint density at radius 1 is 1.24 bits per heavy atom. The van der Waals surface area contributed by atoms with Crippen LogP contribution < -0.4 is 4.90 Å². The molecule has 21 heavy (non-hydrogen) atoms. The first-order chi connectivity index (χ1) is 10.2. The third kappa shape index (κ3) is 2.75. The SMILES string of the molecule is O=[N+]([O-])c1ccc(N2CCC[C@H]3CCCC[C@H]32)c(CO)c1. The van der Waals surface area contributed by atoms with Gasteiger partial charge in [0.15, 0.2) is 0 Å². The van der Waals surface area contributed by atoms with Crippen LogP contribution >= 0.6 is 0 Å². The van der Waals surface area contributed by atoms with Crippen molar-refractivity contribution in [1.29, 1.82) is 0 Å². The summed E-state index contributed by atoms with van der Waals surface area (Å²) in [5.74, 6) is 0.745. The lowest BCUT2D eigenvalue weighted by atomic mass is 9.78. The smallest absolute Gasteiger partial charge is 0.269 e. The van der Waals surface area contributed by atoms with Crippen LogP contribution in [0.15, 0.2) is 18.2 Å². The molecule has 1 saturated heterocycles. The number of nitro benzene ring substituents is 1. The molecule has 0 spiro atoms. The fourth-order valence-electron chi connectivity index (χ4n) is 4.02. The molecule has 5 heteroatoms. The molecule has 0 amide bonds. The highest BCUT2D eigenvalue weighted by Crippen LogP contribution is 2.39. The fraction of sp³-hybridized carbons (Fsp3) is 0.625. The Labute approximate surface area is 124 Å². The molecule has 3 rings (SSSR count). The summed E-state index contributed by atoms with van der Waals surface area (Å²) in [6, 6.07) is 5.43. The zero-order valence-corrected chi connectivity index (χ0v) is 12.2. The van der Waals surface area contributed by atoms with E-state index in [1.54, 1.807) is 6.07 Å². The lowest BCUT2D eigenvalue weighted by Crippen LogP contribution is -2.47. The van der Waals surface area contributed by atoms with Crippen LogP contribution in [-0.2, 0) is 6.61 Å². The summed E-state index contributed by atoms with van der Waals surface area (Å²) in [6.45, 7) is 0.844. The summed E-state index contributed by atoms with van der Waals surface area (Å²) in [7, 11) is 0. The number of hydrogen-bond acceptors (Lipinski definition) is 4. The van der Waals surface area contributed by atoms with E-state index in [2.05, 4.69) is 4.90 Å². The monoisotopic (exact) mass is 290 g/mol. The van der Waals surface area contributed by atoms with E-state index in [1.807, 2.05) is 6.07 Å². The highest BCUT2D eigenvalue weighted by Gasteiger charge is 2.34. The number of anilines is 1. The number of benzene rings is 1. The van der Waals surface area contributed by atoms with Crippen LogP contribution in [0.5, 0.6) is 0 Å². The molecule has 1 N–H and O–H groups in total. The Bertz CT molecular complexity index is 530. The van der Waals surface area contributed by atoms with Gasteiger partial charge in [0.25, 0.3) is 5.69 Å². The highest BCUT2D eigenvalue weighted by atomic mass is 16.6. The molecule has 2 fully saturated rings. The van der Waals surface area contributed by atoms with Crippen molar-refractivity contribution < 1.29 is 10.0 Å². The number of hydrogen-bond donors (Lipinski definition) is 1. The number of nitrogens with zero attached hydrogens (tertiary/aromatic N) is 2. The van der Waals surface area contributed by atoms with Crippen LogP contribution in [0.25, 0.3) is 0 Å². The van der Waals surface area contributed by atoms with Crippen LogP contribution in [-0.4, -0.2) is 22.6 Å². The second kappa shape index (κ2) is 6.02. The van der Waals surface area contributed by atoms with Gasteiger partial charge in [0.05, 0.1) is 11.5 Å². The predicted molar refractivity (Wildman–Crippen MR) is 81.3 cm³/mol. The van der Waals surface area contributed by atoms with E-state index >= 15 is 0 Å². The summed E-state index contributed by atoms with van der Waals surface area (Å²) in [6.07, 6.45) is 7.54. The predicted octanol–water partition coefficient (Wildman–Crippen LogP) is 3.25. The molecule has 1 aromatic rings. The summed E-state index contributed by atoms with van der Waals surface area (Å²) >= 11 is 0. The molecule has 1 aromatic carbocycles. The summed E-state index contributed by atoms with van der Waals surface area (Å²) in [4.78, 5) is 12.9. The molecule has 0 unspecified atom stereocenters. The van der Waals surface area contributed by atoms with Gasteiger partial charge in [0, 0.05) is 36.0 Å². The topological polar surface area (TPSA) is 66.6 Å². The molecule has 1 aliphatic heterocycles. The van der Waals surface area contributed by atoms with Crippen molar-refractivity contribution in [2.75, 3.05) is 11.4 Å². The molecule has 2 aliphatic rings. The van der Waals surface area contributed by atoms with E-state index in [0.717, 1.165) is 18.2 Å². The normalized spacial score (nSPS) is 25.5. The molecule has 114 valence electrons. The third-order valence-corrected chi connectivity index (χ3v) is 5.00. The van der Waals surface area contributed by atoms with Crippen molar-refractivity contribution in [3.8, 4) is 0 Å². The molecule has 1 saturated carbocycles. The lowest BCUT2D eigenvalue weighted by Gasteiger charge is -2.46. The molecule has 0 bridgehead atoms. The molecule has 1 heterocycles. The zero-order chi connectivity index (χ0) is 14.8. The van der Waals surface area contributed by atoms with Crippen molar-refractivity contribution >= 4 is 11.4 Å². The van der Waals surface area contributed by atoms with Gasteiger partial charge in [-0.3, -0.25) is 10.1 Å². The number of non-ortho nitro benzene ring substituents is 1. The van der Waals surface area contributed by atoms with Crippen molar-refractivity contribution in [3.63, 3.8) is 0 Å². The Kier molecular flexibility index (Phi) is 4.10. The second-order valence-electron chi connectivity index (χ2n) is 6.18. The van der Waals surface area contributed by atoms with Crippen LogP contribution in [0, 0.1) is 16.0 Å². The van der Waals surface area contributed by atoms with Gasteiger partial charge in [-0.25, -0.2) is 0 Å². The maximum atomic E-state index is 10.9. The Morgan fingerprint density at radius 2 is 2.00 bits per heavy atom. The first-order valence-electron chi connectivity index (χ1n) is 7.85. The lowest BCUT2D eigenvalue weighted by molar-refractivity contribution is -0.384. The number of aliphatic hydroxyl groups is 1. The minimum atomic E-state index is -0.400. The first kappa shape index (κ1) is 14.3. The van der Waals surface area contributed by atoms with Crippen LogP contribution in [0.3, 0.4) is 0 Å². The van der Waals surface area contributed by atoms with E-state index in [9.17, 15) is 15.2 Å². The van der Waals surface area contributed by atoms with Gasteiger partial charge in [-0.15, -0.1) is 0 Å². The standard InChI is InChI=1S/C16H22N2O3/c19-11-13-10-14(18(20)21)7-8-16(13)17-9-3-5-12-4-1-2-6-15(12)17/h7-8,10,12,15,19H,1-6,9,11H2/t12-,15-/m1/s1. The molecule has 5 nitrogen and oxygen atoms in total. The van der Waals surface area contributed by atoms with Crippen LogP contribution in [0.4, 0.5) is 11.4 Å². The van der Waals surface area contributed by atoms with E-state index < -0.39 is 4.92 Å². The molecule has 1 aliphatic carbocycles. The minimum absolute atomic E-state index is 0.0556. The average molecular weight is 290 g/mol. The van der Waals surface area contributed by atoms with E-state index in [4.69, 9.17) is 0 Å². The van der Waals surface area contributed by atoms with Crippen molar-refractivity contribution in [2.45, 2.75) is 51.2 Å². The fourth-order valence-corrected chi connectivity index (χ4v) is 4.02. The largest absolute Gasteiger partial charge is 0.392 e. The maximum absolute atomic E-state index is 10.9. The number of fused-ring (bicyclic) bond motifs is 1. The first-order valence-corrected chi connectivity index (χ1v) is 7.85. The Morgan fingerprint density at radius 3 is 2.76 bits per heavy atom. The van der Waals surface area contributed by atoms with Crippen molar-refractivity contribution in [3.05, 3.63) is 33.9 Å². The van der Waals surface area contributed by atoms with Gasteiger partial charge in [-0.05, 0) is 37.7 Å². The number of nitro groups is 1. The third-order valence-electron chi connectivity index (χ3n) is 5.00. The van der Waals surface area contributed by atoms with Gasteiger partial charge >= 0.3 is 0 Å². The maximum Gasteiger partial charge on any atom is 0.269 e. The second-order valence-corrected chi connectivity index (χ2v) is 6.18. The minimum Gasteiger partial charge on any atom is -0.392 e. The summed E-state index contributed by atoms with van der Waals surface area (Å²) < 4.78 is 0. The summed E-state index contributed by atoms with van der Waals surface area (Å²) in [5.41, 5.74) is 1.72. The zero-order valence-electron chi connectivity index (χ0n) is 12.2. The molecule has 0 aromatic heterocycles. The van der Waals surface area contributed by atoms with E-state index in [1.165, 1.54) is 44.6 Å². The van der Waals surface area contributed by atoms with E-state index in [-0.39, 0.29) is 12.3 Å². The van der Waals surface area contributed by atoms with Crippen LogP contribution in [0.1, 0.15) is 44.1 Å². The molecule has 0 radical (unpaired) electrons. The highest BCUT2D eigenvalue weighted by molar-refractivity contribution is 5.58. The molecular formula is C16H22N2O3. The Hall–Kier alpha value is -1.62.